The molecule has 4 heteroatoms. The quantitative estimate of drug-likeness (QED) is 0.512. The Bertz CT molecular complexity index is 176. The molecule has 1 rings (SSSR count). The number of hydrogen-bond acceptors (Lipinski definition) is 2. The van der Waals surface area contributed by atoms with Gasteiger partial charge in [0.1, 0.15) is 10.7 Å². The molecule has 0 saturated heterocycles. The van der Waals surface area contributed by atoms with Gasteiger partial charge in [-0.15, -0.1) is 0 Å². The van der Waals surface area contributed by atoms with Crippen LogP contribution in [0.4, 0.5) is 0 Å². The molecule has 1 unspecified atom stereocenters. The molecule has 0 bridgehead atoms. The van der Waals surface area contributed by atoms with E-state index in [9.17, 15) is 0 Å². The van der Waals surface area contributed by atoms with Crippen LogP contribution in [0.15, 0.2) is 22.5 Å². The second kappa shape index (κ2) is 2.75. The molecule has 0 aliphatic carbocycles. The maximum absolute atomic E-state index is 9.03. The molecule has 0 aromatic rings. The number of alkyl halides is 1. The lowest BCUT2D eigenvalue weighted by molar-refractivity contribution is 0.386. The third kappa shape index (κ3) is 1.72. The SMILES string of the molecule is OC1=CC(Br)=CNC1Br. The van der Waals surface area contributed by atoms with E-state index < -0.39 is 0 Å². The average molecular weight is 255 g/mol. The lowest BCUT2D eigenvalue weighted by atomic mass is 10.4. The van der Waals surface area contributed by atoms with Crippen molar-refractivity contribution in [2.45, 2.75) is 4.95 Å². The fourth-order valence-corrected chi connectivity index (χ4v) is 1.13. The highest BCUT2D eigenvalue weighted by Gasteiger charge is 2.10. The lowest BCUT2D eigenvalue weighted by Gasteiger charge is -2.13. The van der Waals surface area contributed by atoms with Crippen LogP contribution in [0.3, 0.4) is 0 Å². The van der Waals surface area contributed by atoms with E-state index in [1.54, 1.807) is 12.3 Å². The molecular weight excluding hydrogens is 250 g/mol. The molecule has 0 saturated carbocycles. The van der Waals surface area contributed by atoms with Crippen molar-refractivity contribution in [2.75, 3.05) is 0 Å². The van der Waals surface area contributed by atoms with Crippen LogP contribution in [0.25, 0.3) is 0 Å². The van der Waals surface area contributed by atoms with Crippen molar-refractivity contribution in [3.05, 3.63) is 22.5 Å². The highest BCUT2D eigenvalue weighted by molar-refractivity contribution is 9.12. The monoisotopic (exact) mass is 253 g/mol. The number of halogens is 2. The highest BCUT2D eigenvalue weighted by Crippen LogP contribution is 2.17. The number of aliphatic hydroxyl groups excluding tert-OH is 1. The first-order chi connectivity index (χ1) is 4.20. The number of dihydropyridines is 1. The van der Waals surface area contributed by atoms with Crippen LogP contribution in [0, 0.1) is 0 Å². The summed E-state index contributed by atoms with van der Waals surface area (Å²) in [6.45, 7) is 0. The minimum absolute atomic E-state index is 0.140. The number of hydrogen-bond donors (Lipinski definition) is 2. The van der Waals surface area contributed by atoms with E-state index in [2.05, 4.69) is 37.2 Å². The van der Waals surface area contributed by atoms with Crippen molar-refractivity contribution in [3.8, 4) is 0 Å². The Kier molecular flexibility index (Phi) is 2.18. The van der Waals surface area contributed by atoms with Crippen LogP contribution in [-0.4, -0.2) is 10.1 Å². The van der Waals surface area contributed by atoms with E-state index >= 15 is 0 Å². The van der Waals surface area contributed by atoms with Gasteiger partial charge in [-0.25, -0.2) is 0 Å². The molecule has 50 valence electrons. The van der Waals surface area contributed by atoms with E-state index in [0.29, 0.717) is 0 Å². The fraction of sp³-hybridized carbons (Fsp3) is 0.200. The molecule has 1 aliphatic heterocycles. The summed E-state index contributed by atoms with van der Waals surface area (Å²) < 4.78 is 0.843. The van der Waals surface area contributed by atoms with Gasteiger partial charge in [-0.1, -0.05) is 15.9 Å². The molecule has 0 aromatic carbocycles. The maximum atomic E-state index is 9.03. The van der Waals surface area contributed by atoms with Gasteiger partial charge in [-0.3, -0.25) is 0 Å². The van der Waals surface area contributed by atoms with E-state index in [4.69, 9.17) is 5.11 Å². The smallest absolute Gasteiger partial charge is 0.139 e. The minimum Gasteiger partial charge on any atom is -0.509 e. The van der Waals surface area contributed by atoms with Crippen molar-refractivity contribution in [3.63, 3.8) is 0 Å². The first kappa shape index (κ1) is 7.15. The van der Waals surface area contributed by atoms with Crippen LogP contribution in [0.5, 0.6) is 0 Å². The van der Waals surface area contributed by atoms with Gasteiger partial charge in [-0.2, -0.15) is 0 Å². The lowest BCUT2D eigenvalue weighted by Crippen LogP contribution is -2.22. The highest BCUT2D eigenvalue weighted by atomic mass is 79.9. The number of aliphatic hydroxyl groups is 1. The summed E-state index contributed by atoms with van der Waals surface area (Å²) in [6, 6.07) is 0. The van der Waals surface area contributed by atoms with Gasteiger partial charge in [0, 0.05) is 10.7 Å². The van der Waals surface area contributed by atoms with Crippen LogP contribution < -0.4 is 5.32 Å². The molecule has 0 spiro atoms. The Hall–Kier alpha value is 0.0400. The summed E-state index contributed by atoms with van der Waals surface area (Å²) in [6.07, 6.45) is 3.40. The topological polar surface area (TPSA) is 32.3 Å². The average Bonchev–Trinajstić information content (AvgIpc) is 1.80. The van der Waals surface area contributed by atoms with Crippen molar-refractivity contribution < 1.29 is 5.11 Å². The summed E-state index contributed by atoms with van der Waals surface area (Å²) in [5.41, 5.74) is 0. The molecule has 9 heavy (non-hydrogen) atoms. The summed E-state index contributed by atoms with van der Waals surface area (Å²) in [5, 5.41) is 11.9. The Morgan fingerprint density at radius 3 is 2.78 bits per heavy atom. The van der Waals surface area contributed by atoms with Crippen molar-refractivity contribution in [1.82, 2.24) is 5.32 Å². The number of nitrogens with one attached hydrogen (secondary N) is 1. The molecule has 2 N–H and O–H groups in total. The zero-order chi connectivity index (χ0) is 6.85. The molecule has 0 amide bonds. The molecule has 0 aromatic heterocycles. The van der Waals surface area contributed by atoms with Crippen LogP contribution in [0.2, 0.25) is 0 Å². The Balaban J connectivity index is 2.74. The third-order valence-electron chi connectivity index (χ3n) is 0.913. The Labute approximate surface area is 69.9 Å². The van der Waals surface area contributed by atoms with Crippen LogP contribution in [-0.2, 0) is 0 Å². The molecule has 0 fully saturated rings. The largest absolute Gasteiger partial charge is 0.509 e. The second-order valence-electron chi connectivity index (χ2n) is 1.63. The second-order valence-corrected chi connectivity index (χ2v) is 3.46. The standard InChI is InChI=1S/C5H5Br2NO/c6-3-1-4(9)5(7)8-2-3/h1-2,5,8-9H. The van der Waals surface area contributed by atoms with Gasteiger partial charge in [0.05, 0.1) is 0 Å². The minimum atomic E-state index is -0.140. The van der Waals surface area contributed by atoms with Gasteiger partial charge < -0.3 is 10.4 Å². The first-order valence-electron chi connectivity index (χ1n) is 2.36. The van der Waals surface area contributed by atoms with E-state index in [1.807, 2.05) is 0 Å². The Morgan fingerprint density at radius 2 is 2.33 bits per heavy atom. The number of allylic oxidation sites excluding steroid dienone is 2. The van der Waals surface area contributed by atoms with Crippen molar-refractivity contribution in [2.24, 2.45) is 0 Å². The maximum Gasteiger partial charge on any atom is 0.139 e. The van der Waals surface area contributed by atoms with Gasteiger partial charge in [-0.05, 0) is 22.0 Å². The number of rotatable bonds is 0. The molecule has 0 radical (unpaired) electrons. The molecule has 2 nitrogen and oxygen atoms in total. The summed E-state index contributed by atoms with van der Waals surface area (Å²) in [7, 11) is 0. The summed E-state index contributed by atoms with van der Waals surface area (Å²) >= 11 is 6.38. The first-order valence-corrected chi connectivity index (χ1v) is 4.07. The predicted octanol–water partition coefficient (Wildman–Crippen LogP) is 1.99. The zero-order valence-corrected chi connectivity index (χ0v) is 7.61. The molecule has 1 atom stereocenters. The van der Waals surface area contributed by atoms with Gasteiger partial charge in [0.25, 0.3) is 0 Å². The van der Waals surface area contributed by atoms with Crippen molar-refractivity contribution in [1.29, 1.82) is 0 Å². The molecular formula is C5H5Br2NO. The molecule has 1 aliphatic rings. The zero-order valence-electron chi connectivity index (χ0n) is 4.44. The molecule has 1 heterocycles. The summed E-state index contributed by atoms with van der Waals surface area (Å²) in [5.74, 6) is 0.282. The third-order valence-corrected chi connectivity index (χ3v) is 2.10. The summed E-state index contributed by atoms with van der Waals surface area (Å²) in [4.78, 5) is -0.140. The Morgan fingerprint density at radius 1 is 1.67 bits per heavy atom. The van der Waals surface area contributed by atoms with E-state index in [0.717, 1.165) is 4.48 Å². The van der Waals surface area contributed by atoms with Gasteiger partial charge in [0.15, 0.2) is 0 Å². The fourth-order valence-electron chi connectivity index (χ4n) is 0.494. The normalized spacial score (nSPS) is 26.2. The van der Waals surface area contributed by atoms with Gasteiger partial charge >= 0.3 is 0 Å². The van der Waals surface area contributed by atoms with Crippen LogP contribution in [0.1, 0.15) is 0 Å². The van der Waals surface area contributed by atoms with Gasteiger partial charge in [0.2, 0.25) is 0 Å². The van der Waals surface area contributed by atoms with E-state index in [1.165, 1.54) is 0 Å². The van der Waals surface area contributed by atoms with Crippen molar-refractivity contribution >= 4 is 31.9 Å². The predicted molar refractivity (Wildman–Crippen MR) is 43.6 cm³/mol. The van der Waals surface area contributed by atoms with Crippen LogP contribution >= 0.6 is 31.9 Å². The van der Waals surface area contributed by atoms with E-state index in [-0.39, 0.29) is 10.7 Å².